The number of benzene rings is 1. The number of carbonyl (C=O) groups excluding carboxylic acids is 1. The van der Waals surface area contributed by atoms with Crippen LogP contribution < -0.4 is 14.8 Å². The first-order valence-electron chi connectivity index (χ1n) is 6.97. The minimum atomic E-state index is -1.24. The number of carbonyl (C=O) groups is 2. The average molecular weight is 291 g/mol. The Kier molecular flexibility index (Phi) is 3.23. The van der Waals surface area contributed by atoms with Crippen molar-refractivity contribution < 1.29 is 24.2 Å². The molecule has 1 saturated carbocycles. The summed E-state index contributed by atoms with van der Waals surface area (Å²) in [6.45, 7) is 2.36. The first kappa shape index (κ1) is 13.7. The van der Waals surface area contributed by atoms with Crippen LogP contribution in [0.2, 0.25) is 0 Å². The standard InChI is InChI=1S/C15H17NO5/c1-15(14(18)19,9-5-6-9)16-13(17)10-3-2-4-11-12(10)21-8-7-20-11/h2-4,9H,5-8H2,1H3,(H,16,17)(H,18,19)/t15-/m1/s1. The van der Waals surface area contributed by atoms with E-state index in [0.717, 1.165) is 12.8 Å². The zero-order valence-corrected chi connectivity index (χ0v) is 11.7. The summed E-state index contributed by atoms with van der Waals surface area (Å²) >= 11 is 0. The van der Waals surface area contributed by atoms with Crippen LogP contribution in [0.15, 0.2) is 18.2 Å². The molecule has 1 heterocycles. The lowest BCUT2D eigenvalue weighted by atomic mass is 9.95. The van der Waals surface area contributed by atoms with Crippen LogP contribution >= 0.6 is 0 Å². The molecule has 1 aliphatic heterocycles. The minimum Gasteiger partial charge on any atom is -0.486 e. The number of carboxylic acid groups (broad SMARTS) is 1. The van der Waals surface area contributed by atoms with Gasteiger partial charge in [0.25, 0.3) is 5.91 Å². The lowest BCUT2D eigenvalue weighted by Crippen LogP contribution is -2.54. The van der Waals surface area contributed by atoms with Gasteiger partial charge in [-0.1, -0.05) is 6.07 Å². The molecule has 1 fully saturated rings. The van der Waals surface area contributed by atoms with Gasteiger partial charge in [0.1, 0.15) is 18.8 Å². The normalized spacial score (nSPS) is 19.5. The first-order valence-corrected chi connectivity index (χ1v) is 6.97. The van der Waals surface area contributed by atoms with E-state index in [9.17, 15) is 14.7 Å². The third-order valence-corrected chi connectivity index (χ3v) is 4.02. The Morgan fingerprint density at radius 2 is 2.00 bits per heavy atom. The van der Waals surface area contributed by atoms with Crippen molar-refractivity contribution in [3.63, 3.8) is 0 Å². The molecule has 112 valence electrons. The second-order valence-electron chi connectivity index (χ2n) is 5.57. The monoisotopic (exact) mass is 291 g/mol. The lowest BCUT2D eigenvalue weighted by Gasteiger charge is -2.27. The van der Waals surface area contributed by atoms with Crippen LogP contribution in [-0.2, 0) is 4.79 Å². The van der Waals surface area contributed by atoms with E-state index in [0.29, 0.717) is 30.3 Å². The van der Waals surface area contributed by atoms with Crippen LogP contribution in [0.4, 0.5) is 0 Å². The van der Waals surface area contributed by atoms with Gasteiger partial charge in [-0.05, 0) is 37.8 Å². The summed E-state index contributed by atoms with van der Waals surface area (Å²) in [5.41, 5.74) is -0.935. The topological polar surface area (TPSA) is 84.9 Å². The van der Waals surface area contributed by atoms with Crippen molar-refractivity contribution in [2.75, 3.05) is 13.2 Å². The van der Waals surface area contributed by atoms with Crippen LogP contribution in [0, 0.1) is 5.92 Å². The zero-order chi connectivity index (χ0) is 15.0. The summed E-state index contributed by atoms with van der Waals surface area (Å²) in [6.07, 6.45) is 1.63. The number of aliphatic carboxylic acids is 1. The van der Waals surface area contributed by atoms with Crippen molar-refractivity contribution in [3.05, 3.63) is 23.8 Å². The molecule has 1 aromatic carbocycles. The number of hydrogen-bond acceptors (Lipinski definition) is 4. The number of para-hydroxylation sites is 1. The Balaban J connectivity index is 1.87. The molecule has 3 rings (SSSR count). The van der Waals surface area contributed by atoms with Gasteiger partial charge < -0.3 is 19.9 Å². The minimum absolute atomic E-state index is 0.0179. The molecule has 1 amide bonds. The van der Waals surface area contributed by atoms with E-state index >= 15 is 0 Å². The SMILES string of the molecule is C[C@](NC(=O)c1cccc2c1OCCO2)(C(=O)O)C1CC1. The van der Waals surface area contributed by atoms with Gasteiger partial charge in [-0.3, -0.25) is 4.79 Å². The van der Waals surface area contributed by atoms with Gasteiger partial charge in [-0.2, -0.15) is 0 Å². The number of hydrogen-bond donors (Lipinski definition) is 2. The van der Waals surface area contributed by atoms with E-state index in [1.165, 1.54) is 0 Å². The van der Waals surface area contributed by atoms with E-state index in [1.807, 2.05) is 0 Å². The van der Waals surface area contributed by atoms with E-state index in [1.54, 1.807) is 25.1 Å². The molecule has 1 aliphatic carbocycles. The molecule has 0 unspecified atom stereocenters. The Labute approximate surface area is 122 Å². The molecule has 0 radical (unpaired) electrons. The van der Waals surface area contributed by atoms with E-state index in [4.69, 9.17) is 9.47 Å². The maximum atomic E-state index is 12.5. The van der Waals surface area contributed by atoms with Crippen LogP contribution in [0.1, 0.15) is 30.1 Å². The molecule has 0 aromatic heterocycles. The Bertz CT molecular complexity index is 596. The highest BCUT2D eigenvalue weighted by Gasteiger charge is 2.48. The van der Waals surface area contributed by atoms with Crippen LogP contribution in [0.5, 0.6) is 11.5 Å². The number of amides is 1. The Hall–Kier alpha value is -2.24. The van der Waals surface area contributed by atoms with E-state index < -0.39 is 17.4 Å². The molecular weight excluding hydrogens is 274 g/mol. The predicted molar refractivity (Wildman–Crippen MR) is 73.7 cm³/mol. The maximum absolute atomic E-state index is 12.5. The second kappa shape index (κ2) is 4.95. The highest BCUT2D eigenvalue weighted by molar-refractivity contribution is 6.00. The molecule has 0 bridgehead atoms. The fourth-order valence-corrected chi connectivity index (χ4v) is 2.55. The summed E-state index contributed by atoms with van der Waals surface area (Å²) in [5.74, 6) is -0.591. The molecular formula is C15H17NO5. The highest BCUT2D eigenvalue weighted by Crippen LogP contribution is 2.40. The van der Waals surface area contributed by atoms with Gasteiger partial charge in [0.15, 0.2) is 11.5 Å². The van der Waals surface area contributed by atoms with Gasteiger partial charge >= 0.3 is 5.97 Å². The zero-order valence-electron chi connectivity index (χ0n) is 11.7. The Morgan fingerprint density at radius 1 is 1.29 bits per heavy atom. The van der Waals surface area contributed by atoms with Gasteiger partial charge in [0.05, 0.1) is 5.56 Å². The smallest absolute Gasteiger partial charge is 0.329 e. The van der Waals surface area contributed by atoms with Gasteiger partial charge in [0, 0.05) is 0 Å². The molecule has 1 atom stereocenters. The summed E-state index contributed by atoms with van der Waals surface area (Å²) in [4.78, 5) is 23.9. The van der Waals surface area contributed by atoms with Crippen molar-refractivity contribution in [2.45, 2.75) is 25.3 Å². The molecule has 6 nitrogen and oxygen atoms in total. The molecule has 0 saturated heterocycles. The average Bonchev–Trinajstić information content (AvgIpc) is 3.31. The summed E-state index contributed by atoms with van der Waals surface area (Å²) in [6, 6.07) is 5.03. The fraction of sp³-hybridized carbons (Fsp3) is 0.467. The van der Waals surface area contributed by atoms with Crippen LogP contribution in [-0.4, -0.2) is 35.7 Å². The van der Waals surface area contributed by atoms with Gasteiger partial charge in [-0.15, -0.1) is 0 Å². The third-order valence-electron chi connectivity index (χ3n) is 4.02. The van der Waals surface area contributed by atoms with Crippen LogP contribution in [0.3, 0.4) is 0 Å². The van der Waals surface area contributed by atoms with E-state index in [-0.39, 0.29) is 5.92 Å². The molecule has 1 aromatic rings. The van der Waals surface area contributed by atoms with Gasteiger partial charge in [0.2, 0.25) is 0 Å². The summed E-state index contributed by atoms with van der Waals surface area (Å²) < 4.78 is 10.9. The number of fused-ring (bicyclic) bond motifs is 1. The molecule has 6 heteroatoms. The van der Waals surface area contributed by atoms with Crippen molar-refractivity contribution >= 4 is 11.9 Å². The maximum Gasteiger partial charge on any atom is 0.329 e. The fourth-order valence-electron chi connectivity index (χ4n) is 2.55. The molecule has 21 heavy (non-hydrogen) atoms. The summed E-state index contributed by atoms with van der Waals surface area (Å²) in [7, 11) is 0. The van der Waals surface area contributed by atoms with Crippen molar-refractivity contribution in [2.24, 2.45) is 5.92 Å². The van der Waals surface area contributed by atoms with Crippen LogP contribution in [0.25, 0.3) is 0 Å². The number of carboxylic acids is 1. The van der Waals surface area contributed by atoms with Crippen molar-refractivity contribution in [1.82, 2.24) is 5.32 Å². The quantitative estimate of drug-likeness (QED) is 0.877. The summed E-state index contributed by atoms with van der Waals surface area (Å²) in [5, 5.41) is 12.1. The number of nitrogens with one attached hydrogen (secondary N) is 1. The Morgan fingerprint density at radius 3 is 2.67 bits per heavy atom. The largest absolute Gasteiger partial charge is 0.486 e. The molecule has 2 aliphatic rings. The van der Waals surface area contributed by atoms with Gasteiger partial charge in [-0.25, -0.2) is 4.79 Å². The number of ether oxygens (including phenoxy) is 2. The number of rotatable bonds is 4. The predicted octanol–water partition coefficient (Wildman–Crippen LogP) is 1.44. The highest BCUT2D eigenvalue weighted by atomic mass is 16.6. The third kappa shape index (κ3) is 2.41. The molecule has 0 spiro atoms. The van der Waals surface area contributed by atoms with E-state index in [2.05, 4.69) is 5.32 Å². The van der Waals surface area contributed by atoms with Crippen molar-refractivity contribution in [1.29, 1.82) is 0 Å². The molecule has 2 N–H and O–H groups in total. The second-order valence-corrected chi connectivity index (χ2v) is 5.57. The lowest BCUT2D eigenvalue weighted by molar-refractivity contribution is -0.144. The van der Waals surface area contributed by atoms with Crippen molar-refractivity contribution in [3.8, 4) is 11.5 Å². The first-order chi connectivity index (χ1) is 10.0.